The topological polar surface area (TPSA) is 58.1 Å². The Bertz CT molecular complexity index is 1020. The lowest BCUT2D eigenvalue weighted by Crippen LogP contribution is -2.22. The number of hydrogen-bond donors (Lipinski definition) is 1. The molecular formula is C22H20ClFN4O. The fraction of sp³-hybridized carbons (Fsp3) is 0.227. The van der Waals surface area contributed by atoms with Gasteiger partial charge in [0.05, 0.1) is 5.02 Å². The summed E-state index contributed by atoms with van der Waals surface area (Å²) in [7, 11) is 0. The van der Waals surface area contributed by atoms with E-state index in [1.54, 1.807) is 30.6 Å². The van der Waals surface area contributed by atoms with Gasteiger partial charge in [-0.05, 0) is 42.7 Å². The Balaban J connectivity index is 1.46. The maximum absolute atomic E-state index is 13.2. The fourth-order valence-corrected chi connectivity index (χ4v) is 3.61. The van der Waals surface area contributed by atoms with Gasteiger partial charge in [-0.15, -0.1) is 0 Å². The Kier molecular flexibility index (Phi) is 5.71. The van der Waals surface area contributed by atoms with Crippen LogP contribution in [0.3, 0.4) is 0 Å². The SMILES string of the molecule is O=C(NCc1ccc(F)c(Cl)c1)c1ccc(-c2nccnc2N2CCCC2)cc1. The third kappa shape index (κ3) is 4.38. The summed E-state index contributed by atoms with van der Waals surface area (Å²) in [6.07, 6.45) is 5.72. The van der Waals surface area contributed by atoms with E-state index < -0.39 is 5.82 Å². The maximum Gasteiger partial charge on any atom is 0.251 e. The molecule has 5 nitrogen and oxygen atoms in total. The second kappa shape index (κ2) is 8.57. The highest BCUT2D eigenvalue weighted by Crippen LogP contribution is 2.29. The summed E-state index contributed by atoms with van der Waals surface area (Å²) in [5.41, 5.74) is 3.01. The molecule has 2 heterocycles. The van der Waals surface area contributed by atoms with Crippen molar-refractivity contribution in [3.05, 3.63) is 76.8 Å². The first-order valence-electron chi connectivity index (χ1n) is 9.50. The van der Waals surface area contributed by atoms with Crippen LogP contribution in [0.25, 0.3) is 11.3 Å². The van der Waals surface area contributed by atoms with Gasteiger partial charge in [-0.1, -0.05) is 29.8 Å². The zero-order valence-electron chi connectivity index (χ0n) is 15.7. The highest BCUT2D eigenvalue weighted by atomic mass is 35.5. The van der Waals surface area contributed by atoms with Crippen molar-refractivity contribution in [3.63, 3.8) is 0 Å². The summed E-state index contributed by atoms with van der Waals surface area (Å²) in [4.78, 5) is 23.7. The van der Waals surface area contributed by atoms with Gasteiger partial charge in [0, 0.05) is 43.2 Å². The normalized spacial score (nSPS) is 13.5. The Morgan fingerprint density at radius 3 is 2.52 bits per heavy atom. The molecule has 4 rings (SSSR count). The van der Waals surface area contributed by atoms with Crippen molar-refractivity contribution in [2.75, 3.05) is 18.0 Å². The lowest BCUT2D eigenvalue weighted by Gasteiger charge is -2.19. The van der Waals surface area contributed by atoms with Crippen molar-refractivity contribution in [3.8, 4) is 11.3 Å². The number of anilines is 1. The predicted octanol–water partition coefficient (Wildman–Crippen LogP) is 4.47. The van der Waals surface area contributed by atoms with E-state index in [0.29, 0.717) is 5.56 Å². The van der Waals surface area contributed by atoms with Crippen LogP contribution in [0.2, 0.25) is 5.02 Å². The number of amides is 1. The number of nitrogens with zero attached hydrogens (tertiary/aromatic N) is 3. The minimum atomic E-state index is -0.477. The Hall–Kier alpha value is -2.99. The highest BCUT2D eigenvalue weighted by molar-refractivity contribution is 6.30. The molecule has 1 aliphatic heterocycles. The summed E-state index contributed by atoms with van der Waals surface area (Å²) >= 11 is 5.78. The van der Waals surface area contributed by atoms with Crippen molar-refractivity contribution >= 4 is 23.3 Å². The summed E-state index contributed by atoms with van der Waals surface area (Å²) in [5, 5.41) is 2.86. The smallest absolute Gasteiger partial charge is 0.251 e. The molecule has 0 aliphatic carbocycles. The molecule has 1 fully saturated rings. The van der Waals surface area contributed by atoms with Crippen LogP contribution in [0.1, 0.15) is 28.8 Å². The number of nitrogens with one attached hydrogen (secondary N) is 1. The minimum absolute atomic E-state index is 0.0406. The third-order valence-corrected chi connectivity index (χ3v) is 5.23. The van der Waals surface area contributed by atoms with Crippen LogP contribution in [0.4, 0.5) is 10.2 Å². The lowest BCUT2D eigenvalue weighted by molar-refractivity contribution is 0.0951. The lowest BCUT2D eigenvalue weighted by atomic mass is 10.1. The van der Waals surface area contributed by atoms with Gasteiger partial charge in [0.2, 0.25) is 0 Å². The molecule has 1 amide bonds. The molecule has 29 heavy (non-hydrogen) atoms. The fourth-order valence-electron chi connectivity index (χ4n) is 3.41. The number of benzene rings is 2. The Morgan fingerprint density at radius 2 is 1.79 bits per heavy atom. The summed E-state index contributed by atoms with van der Waals surface area (Å²) in [6.45, 7) is 2.24. The zero-order valence-corrected chi connectivity index (χ0v) is 16.5. The van der Waals surface area contributed by atoms with Crippen molar-refractivity contribution in [2.45, 2.75) is 19.4 Å². The molecule has 0 spiro atoms. The molecule has 0 saturated carbocycles. The summed E-state index contributed by atoms with van der Waals surface area (Å²) < 4.78 is 13.2. The number of rotatable bonds is 5. The Morgan fingerprint density at radius 1 is 1.07 bits per heavy atom. The number of hydrogen-bond acceptors (Lipinski definition) is 4. The van der Waals surface area contributed by atoms with E-state index in [9.17, 15) is 9.18 Å². The molecule has 7 heteroatoms. The van der Waals surface area contributed by atoms with Crippen LogP contribution in [-0.4, -0.2) is 29.0 Å². The van der Waals surface area contributed by atoms with E-state index >= 15 is 0 Å². The molecule has 3 aromatic rings. The van der Waals surface area contributed by atoms with Gasteiger partial charge >= 0.3 is 0 Å². The molecule has 1 aromatic heterocycles. The quantitative estimate of drug-likeness (QED) is 0.674. The van der Waals surface area contributed by atoms with Crippen LogP contribution in [0.5, 0.6) is 0 Å². The van der Waals surface area contributed by atoms with E-state index in [4.69, 9.17) is 11.6 Å². The van der Waals surface area contributed by atoms with Crippen molar-refractivity contribution in [1.29, 1.82) is 0 Å². The second-order valence-corrected chi connectivity index (χ2v) is 7.34. The second-order valence-electron chi connectivity index (χ2n) is 6.93. The molecule has 148 valence electrons. The van der Waals surface area contributed by atoms with Crippen LogP contribution in [0, 0.1) is 5.82 Å². The van der Waals surface area contributed by atoms with Crippen molar-refractivity contribution in [2.24, 2.45) is 0 Å². The molecule has 0 bridgehead atoms. The molecular weight excluding hydrogens is 391 g/mol. The monoisotopic (exact) mass is 410 g/mol. The van der Waals surface area contributed by atoms with Crippen LogP contribution < -0.4 is 10.2 Å². The van der Waals surface area contributed by atoms with E-state index in [1.165, 1.54) is 12.1 Å². The predicted molar refractivity (Wildman–Crippen MR) is 111 cm³/mol. The summed E-state index contributed by atoms with van der Waals surface area (Å²) in [5.74, 6) is 0.195. The van der Waals surface area contributed by atoms with Crippen LogP contribution in [-0.2, 0) is 6.54 Å². The van der Waals surface area contributed by atoms with Crippen LogP contribution in [0.15, 0.2) is 54.9 Å². The first-order valence-corrected chi connectivity index (χ1v) is 9.88. The number of aromatic nitrogens is 2. The van der Waals surface area contributed by atoms with Gasteiger partial charge in [0.25, 0.3) is 5.91 Å². The van der Waals surface area contributed by atoms with Gasteiger partial charge in [-0.3, -0.25) is 9.78 Å². The van der Waals surface area contributed by atoms with Crippen molar-refractivity contribution < 1.29 is 9.18 Å². The zero-order chi connectivity index (χ0) is 20.2. The third-order valence-electron chi connectivity index (χ3n) is 4.94. The number of carbonyl (C=O) groups is 1. The van der Waals surface area contributed by atoms with Gasteiger partial charge in [-0.2, -0.15) is 0 Å². The average Bonchev–Trinajstić information content (AvgIpc) is 3.29. The standard InChI is InChI=1S/C22H20ClFN4O/c23-18-13-15(3-8-19(18)24)14-27-22(29)17-6-4-16(5-7-17)20-21(26-10-9-25-20)28-11-1-2-12-28/h3-10,13H,1-2,11-12,14H2,(H,27,29). The number of halogens is 2. The Labute approximate surface area is 173 Å². The first-order chi connectivity index (χ1) is 14.1. The van der Waals surface area contributed by atoms with E-state index in [1.807, 2.05) is 12.1 Å². The van der Waals surface area contributed by atoms with Gasteiger partial charge in [0.15, 0.2) is 5.82 Å². The van der Waals surface area contributed by atoms with Crippen LogP contribution >= 0.6 is 11.6 Å². The molecule has 0 radical (unpaired) electrons. The molecule has 1 saturated heterocycles. The largest absolute Gasteiger partial charge is 0.355 e. The molecule has 0 atom stereocenters. The average molecular weight is 411 g/mol. The highest BCUT2D eigenvalue weighted by Gasteiger charge is 2.19. The van der Waals surface area contributed by atoms with Gasteiger partial charge in [0.1, 0.15) is 11.5 Å². The van der Waals surface area contributed by atoms with E-state index in [2.05, 4.69) is 20.2 Å². The van der Waals surface area contributed by atoms with E-state index in [0.717, 1.165) is 48.6 Å². The van der Waals surface area contributed by atoms with Gasteiger partial charge < -0.3 is 10.2 Å². The molecule has 0 unspecified atom stereocenters. The van der Waals surface area contributed by atoms with E-state index in [-0.39, 0.29) is 17.5 Å². The maximum atomic E-state index is 13.2. The minimum Gasteiger partial charge on any atom is -0.355 e. The van der Waals surface area contributed by atoms with Crippen molar-refractivity contribution in [1.82, 2.24) is 15.3 Å². The molecule has 1 N–H and O–H groups in total. The summed E-state index contributed by atoms with van der Waals surface area (Å²) in [6, 6.07) is 11.7. The first kappa shape index (κ1) is 19.3. The number of carbonyl (C=O) groups excluding carboxylic acids is 1. The van der Waals surface area contributed by atoms with Gasteiger partial charge in [-0.25, -0.2) is 9.37 Å². The molecule has 1 aliphatic rings. The molecule has 2 aromatic carbocycles.